The van der Waals surface area contributed by atoms with Gasteiger partial charge in [0.15, 0.2) is 0 Å². The van der Waals surface area contributed by atoms with Crippen LogP contribution in [0.15, 0.2) is 48.5 Å². The summed E-state index contributed by atoms with van der Waals surface area (Å²) in [4.78, 5) is 10.1. The molecule has 0 amide bonds. The largest absolute Gasteiger partial charge is 0.378 e. The van der Waals surface area contributed by atoms with Crippen LogP contribution in [0.3, 0.4) is 0 Å². The maximum Gasteiger partial charge on any atom is 0.205 e. The van der Waals surface area contributed by atoms with Crippen LogP contribution in [-0.4, -0.2) is 36.3 Å². The van der Waals surface area contributed by atoms with Gasteiger partial charge in [-0.2, -0.15) is 0 Å². The first-order valence-corrected chi connectivity index (χ1v) is 7.53. The molecule has 0 bridgehead atoms. The highest BCUT2D eigenvalue weighted by Crippen LogP contribution is 2.22. The second-order valence-electron chi connectivity index (χ2n) is 5.37. The summed E-state index contributed by atoms with van der Waals surface area (Å²) in [5, 5.41) is 3.31. The molecule has 5 heteroatoms. The maximum absolute atomic E-state index is 5.39. The SMILES string of the molecule is c1ccc2[nH]c(Nc3ccc(N4CCOCC4)cc3)nc2c1. The first kappa shape index (κ1) is 13.2. The molecule has 1 aromatic heterocycles. The molecule has 0 unspecified atom stereocenters. The highest BCUT2D eigenvalue weighted by atomic mass is 16.5. The summed E-state index contributed by atoms with van der Waals surface area (Å²) in [6.07, 6.45) is 0. The number of morpholine rings is 1. The summed E-state index contributed by atoms with van der Waals surface area (Å²) < 4.78 is 5.39. The Morgan fingerprint density at radius 3 is 2.55 bits per heavy atom. The smallest absolute Gasteiger partial charge is 0.205 e. The van der Waals surface area contributed by atoms with E-state index in [4.69, 9.17) is 4.74 Å². The molecular weight excluding hydrogens is 276 g/mol. The Balaban J connectivity index is 1.50. The van der Waals surface area contributed by atoms with Crippen molar-refractivity contribution in [2.75, 3.05) is 36.5 Å². The van der Waals surface area contributed by atoms with Crippen molar-refractivity contribution in [1.82, 2.24) is 9.97 Å². The Kier molecular flexibility index (Phi) is 3.40. The quantitative estimate of drug-likeness (QED) is 0.779. The van der Waals surface area contributed by atoms with E-state index in [0.717, 1.165) is 49.0 Å². The standard InChI is InChI=1S/C17H18N4O/c1-2-4-16-15(3-1)19-17(20-16)18-13-5-7-14(8-6-13)21-9-11-22-12-10-21/h1-8H,9-12H2,(H2,18,19,20). The van der Waals surface area contributed by atoms with Gasteiger partial charge in [0, 0.05) is 24.5 Å². The molecule has 0 saturated carbocycles. The molecule has 2 aromatic carbocycles. The molecule has 1 saturated heterocycles. The minimum atomic E-state index is 0.764. The summed E-state index contributed by atoms with van der Waals surface area (Å²) in [5.74, 6) is 0.764. The predicted molar refractivity (Wildman–Crippen MR) is 88.9 cm³/mol. The lowest BCUT2D eigenvalue weighted by atomic mass is 10.2. The van der Waals surface area contributed by atoms with E-state index in [1.807, 2.05) is 24.3 Å². The lowest BCUT2D eigenvalue weighted by molar-refractivity contribution is 0.122. The number of aromatic nitrogens is 2. The average molecular weight is 294 g/mol. The van der Waals surface area contributed by atoms with Crippen LogP contribution in [0.4, 0.5) is 17.3 Å². The number of imidazole rings is 1. The fourth-order valence-electron chi connectivity index (χ4n) is 2.73. The third-order valence-electron chi connectivity index (χ3n) is 3.90. The third kappa shape index (κ3) is 2.63. The molecule has 1 fully saturated rings. The van der Waals surface area contributed by atoms with E-state index in [-0.39, 0.29) is 0 Å². The highest BCUT2D eigenvalue weighted by molar-refractivity contribution is 5.78. The molecule has 2 heterocycles. The zero-order valence-electron chi connectivity index (χ0n) is 12.2. The van der Waals surface area contributed by atoms with E-state index in [0.29, 0.717) is 0 Å². The van der Waals surface area contributed by atoms with Gasteiger partial charge in [-0.3, -0.25) is 0 Å². The van der Waals surface area contributed by atoms with Gasteiger partial charge in [0.05, 0.1) is 24.2 Å². The molecule has 4 rings (SSSR count). The number of hydrogen-bond acceptors (Lipinski definition) is 4. The number of aromatic amines is 1. The van der Waals surface area contributed by atoms with E-state index in [1.54, 1.807) is 0 Å². The molecule has 0 aliphatic carbocycles. The number of para-hydroxylation sites is 2. The van der Waals surface area contributed by atoms with Gasteiger partial charge in [-0.1, -0.05) is 12.1 Å². The lowest BCUT2D eigenvalue weighted by Gasteiger charge is -2.28. The van der Waals surface area contributed by atoms with Crippen molar-refractivity contribution in [3.8, 4) is 0 Å². The molecule has 0 radical (unpaired) electrons. The van der Waals surface area contributed by atoms with Crippen LogP contribution in [0, 0.1) is 0 Å². The average Bonchev–Trinajstić information content (AvgIpc) is 2.98. The van der Waals surface area contributed by atoms with Crippen molar-refractivity contribution in [2.24, 2.45) is 0 Å². The number of H-pyrrole nitrogens is 1. The van der Waals surface area contributed by atoms with Gasteiger partial charge in [-0.05, 0) is 36.4 Å². The van der Waals surface area contributed by atoms with E-state index in [9.17, 15) is 0 Å². The Hall–Kier alpha value is -2.53. The molecule has 5 nitrogen and oxygen atoms in total. The minimum absolute atomic E-state index is 0.764. The molecule has 0 atom stereocenters. The normalized spacial score (nSPS) is 15.2. The Labute approximate surface area is 128 Å². The van der Waals surface area contributed by atoms with Crippen LogP contribution in [0.1, 0.15) is 0 Å². The second-order valence-corrected chi connectivity index (χ2v) is 5.37. The fraction of sp³-hybridized carbons (Fsp3) is 0.235. The van der Waals surface area contributed by atoms with Crippen molar-refractivity contribution < 1.29 is 4.74 Å². The summed E-state index contributed by atoms with van der Waals surface area (Å²) in [7, 11) is 0. The fourth-order valence-corrected chi connectivity index (χ4v) is 2.73. The molecule has 22 heavy (non-hydrogen) atoms. The van der Waals surface area contributed by atoms with Gasteiger partial charge >= 0.3 is 0 Å². The Bertz CT molecular complexity index is 727. The van der Waals surface area contributed by atoms with Gasteiger partial charge in [0.1, 0.15) is 0 Å². The molecule has 112 valence electrons. The van der Waals surface area contributed by atoms with Gasteiger partial charge in [-0.15, -0.1) is 0 Å². The van der Waals surface area contributed by atoms with Crippen LogP contribution in [0.2, 0.25) is 0 Å². The van der Waals surface area contributed by atoms with E-state index in [2.05, 4.69) is 44.5 Å². The van der Waals surface area contributed by atoms with Gasteiger partial charge in [0.2, 0.25) is 5.95 Å². The van der Waals surface area contributed by atoms with Crippen molar-refractivity contribution in [1.29, 1.82) is 0 Å². The summed E-state index contributed by atoms with van der Waals surface area (Å²) in [5.41, 5.74) is 4.26. The number of benzene rings is 2. The van der Waals surface area contributed by atoms with E-state index in [1.165, 1.54) is 5.69 Å². The number of hydrogen-bond donors (Lipinski definition) is 2. The Morgan fingerprint density at radius 2 is 1.77 bits per heavy atom. The number of nitrogens with one attached hydrogen (secondary N) is 2. The van der Waals surface area contributed by atoms with Gasteiger partial charge in [-0.25, -0.2) is 4.98 Å². The minimum Gasteiger partial charge on any atom is -0.378 e. The van der Waals surface area contributed by atoms with Crippen LogP contribution < -0.4 is 10.2 Å². The second kappa shape index (κ2) is 5.69. The van der Waals surface area contributed by atoms with E-state index >= 15 is 0 Å². The topological polar surface area (TPSA) is 53.2 Å². The zero-order chi connectivity index (χ0) is 14.8. The van der Waals surface area contributed by atoms with Crippen molar-refractivity contribution in [3.05, 3.63) is 48.5 Å². The third-order valence-corrected chi connectivity index (χ3v) is 3.90. The number of rotatable bonds is 3. The molecule has 1 aliphatic rings. The monoisotopic (exact) mass is 294 g/mol. The molecule has 0 spiro atoms. The maximum atomic E-state index is 5.39. The summed E-state index contributed by atoms with van der Waals surface area (Å²) >= 11 is 0. The first-order valence-electron chi connectivity index (χ1n) is 7.53. The number of anilines is 3. The lowest BCUT2D eigenvalue weighted by Crippen LogP contribution is -2.36. The Morgan fingerprint density at radius 1 is 1.00 bits per heavy atom. The molecule has 1 aliphatic heterocycles. The predicted octanol–water partition coefficient (Wildman–Crippen LogP) is 3.14. The van der Waals surface area contributed by atoms with Crippen LogP contribution >= 0.6 is 0 Å². The number of ether oxygens (including phenoxy) is 1. The van der Waals surface area contributed by atoms with Gasteiger partial charge in [0.25, 0.3) is 0 Å². The number of nitrogens with zero attached hydrogens (tertiary/aromatic N) is 2. The van der Waals surface area contributed by atoms with Crippen molar-refractivity contribution >= 4 is 28.4 Å². The van der Waals surface area contributed by atoms with Crippen LogP contribution in [-0.2, 0) is 4.74 Å². The molecular formula is C17H18N4O. The van der Waals surface area contributed by atoms with Crippen LogP contribution in [0.25, 0.3) is 11.0 Å². The van der Waals surface area contributed by atoms with Gasteiger partial charge < -0.3 is 19.9 Å². The zero-order valence-corrected chi connectivity index (χ0v) is 12.2. The van der Waals surface area contributed by atoms with Crippen molar-refractivity contribution in [2.45, 2.75) is 0 Å². The first-order chi connectivity index (χ1) is 10.9. The van der Waals surface area contributed by atoms with Crippen molar-refractivity contribution in [3.63, 3.8) is 0 Å². The van der Waals surface area contributed by atoms with E-state index < -0.39 is 0 Å². The summed E-state index contributed by atoms with van der Waals surface area (Å²) in [6, 6.07) is 16.4. The van der Waals surface area contributed by atoms with Crippen LogP contribution in [0.5, 0.6) is 0 Å². The molecule has 3 aromatic rings. The summed E-state index contributed by atoms with van der Waals surface area (Å²) in [6.45, 7) is 3.52. The molecule has 2 N–H and O–H groups in total. The number of fused-ring (bicyclic) bond motifs is 1. The highest BCUT2D eigenvalue weighted by Gasteiger charge is 2.11.